The van der Waals surface area contributed by atoms with Crippen molar-refractivity contribution >= 4 is 48.0 Å². The first kappa shape index (κ1) is 32.1. The molecule has 0 heterocycles. The van der Waals surface area contributed by atoms with Gasteiger partial charge in [-0.15, -0.1) is 0 Å². The molecule has 0 aliphatic rings. The van der Waals surface area contributed by atoms with Gasteiger partial charge in [-0.05, 0) is 103 Å². The van der Waals surface area contributed by atoms with Gasteiger partial charge in [0.25, 0.3) is 0 Å². The molecule has 0 radical (unpaired) electrons. The summed E-state index contributed by atoms with van der Waals surface area (Å²) in [5, 5.41) is 0. The van der Waals surface area contributed by atoms with E-state index < -0.39 is 42.1 Å². The van der Waals surface area contributed by atoms with Crippen LogP contribution < -0.4 is 0 Å². The van der Waals surface area contributed by atoms with Gasteiger partial charge in [-0.3, -0.25) is 4.79 Å². The fraction of sp³-hybridized carbons (Fsp3) is 0.857. The summed E-state index contributed by atoms with van der Waals surface area (Å²) in [6, 6.07) is 1.77. The van der Waals surface area contributed by atoms with Gasteiger partial charge in [0.15, 0.2) is 25.0 Å². The largest absolute Gasteiger partial charge is 0.437 e. The first-order valence-corrected chi connectivity index (χ1v) is 27.1. The third-order valence-corrected chi connectivity index (χ3v) is 20.5. The lowest BCUT2D eigenvalue weighted by atomic mass is 10.3. The van der Waals surface area contributed by atoms with Crippen LogP contribution in [0.4, 0.5) is 0 Å². The monoisotopic (exact) mass is 537 g/mol. The Hall–Kier alpha value is 0.134. The van der Waals surface area contributed by atoms with Gasteiger partial charge >= 0.3 is 17.1 Å². The Morgan fingerprint density at radius 2 is 1.06 bits per heavy atom. The molecule has 0 rings (SSSR count). The minimum atomic E-state index is -2.29. The number of carbonyl (C=O) groups is 1. The van der Waals surface area contributed by atoms with E-state index in [1.54, 1.807) is 7.11 Å². The summed E-state index contributed by atoms with van der Waals surface area (Å²) in [7, 11) is -7.88. The highest BCUT2D eigenvalue weighted by Gasteiger charge is 2.40. The quantitative estimate of drug-likeness (QED) is 0.175. The predicted octanol–water partition coefficient (Wildman–Crippen LogP) is 6.13. The predicted molar refractivity (Wildman–Crippen MR) is 149 cm³/mol. The van der Waals surface area contributed by atoms with Crippen LogP contribution in [-0.4, -0.2) is 73.1 Å². The molecule has 32 heavy (non-hydrogen) atoms. The van der Waals surface area contributed by atoms with Crippen molar-refractivity contribution in [2.24, 2.45) is 0 Å². The standard InChI is InChI=1S/C21H51NO5Si5/c1-14-21(23)22(17-15-19-31(12,24-2)25-28(3,4)5)18-16-20-32(13,26-29(6,7)8)27-30(9,10)11/h14H,1,15-20H2,2-13H3. The minimum absolute atomic E-state index is 0.0162. The summed E-state index contributed by atoms with van der Waals surface area (Å²) in [4.78, 5) is 14.4. The maximum absolute atomic E-state index is 12.5. The van der Waals surface area contributed by atoms with E-state index in [0.29, 0.717) is 13.1 Å². The molecule has 0 aromatic rings. The smallest absolute Gasteiger partial charge is 0.324 e. The molecule has 0 saturated heterocycles. The van der Waals surface area contributed by atoms with Gasteiger partial charge in [-0.2, -0.15) is 0 Å². The first-order valence-electron chi connectivity index (χ1n) is 11.8. The second-order valence-electron chi connectivity index (χ2n) is 11.9. The maximum Gasteiger partial charge on any atom is 0.324 e. The lowest BCUT2D eigenvalue weighted by Gasteiger charge is -2.39. The topological polar surface area (TPSA) is 57.2 Å². The van der Waals surface area contributed by atoms with Crippen molar-refractivity contribution in [1.29, 1.82) is 0 Å². The highest BCUT2D eigenvalue weighted by molar-refractivity contribution is 6.87. The Balaban J connectivity index is 5.06. The molecule has 0 spiro atoms. The van der Waals surface area contributed by atoms with Gasteiger partial charge in [0.2, 0.25) is 5.91 Å². The molecule has 11 heteroatoms. The van der Waals surface area contributed by atoms with Gasteiger partial charge in [0.1, 0.15) is 0 Å². The van der Waals surface area contributed by atoms with Crippen LogP contribution in [-0.2, 0) is 21.6 Å². The number of carbonyl (C=O) groups excluding carboxylic acids is 1. The molecular formula is C21H51NO5Si5. The van der Waals surface area contributed by atoms with Crippen LogP contribution in [0.5, 0.6) is 0 Å². The van der Waals surface area contributed by atoms with Crippen molar-refractivity contribution in [2.75, 3.05) is 20.2 Å². The van der Waals surface area contributed by atoms with Crippen LogP contribution >= 0.6 is 0 Å². The maximum atomic E-state index is 12.5. The van der Waals surface area contributed by atoms with E-state index in [1.165, 1.54) is 6.08 Å². The Labute approximate surface area is 203 Å². The second-order valence-corrected chi connectivity index (χ2v) is 32.9. The Morgan fingerprint density at radius 3 is 1.38 bits per heavy atom. The lowest BCUT2D eigenvalue weighted by molar-refractivity contribution is -0.126. The van der Waals surface area contributed by atoms with E-state index >= 15 is 0 Å². The molecule has 0 aromatic heterocycles. The summed E-state index contributed by atoms with van der Waals surface area (Å²) in [6.45, 7) is 29.3. The molecule has 1 amide bonds. The highest BCUT2D eigenvalue weighted by atomic mass is 28.5. The van der Waals surface area contributed by atoms with Gasteiger partial charge in [-0.25, -0.2) is 0 Å². The van der Waals surface area contributed by atoms with Crippen molar-refractivity contribution < 1.29 is 21.6 Å². The molecule has 0 saturated carbocycles. The zero-order valence-electron chi connectivity index (χ0n) is 23.0. The van der Waals surface area contributed by atoms with E-state index in [9.17, 15) is 4.79 Å². The molecule has 0 aliphatic heterocycles. The van der Waals surface area contributed by atoms with Gasteiger partial charge in [0.05, 0.1) is 0 Å². The van der Waals surface area contributed by atoms with E-state index in [0.717, 1.165) is 24.9 Å². The fourth-order valence-corrected chi connectivity index (χ4v) is 23.4. The van der Waals surface area contributed by atoms with E-state index in [1.807, 2.05) is 4.90 Å². The highest BCUT2D eigenvalue weighted by Crippen LogP contribution is 2.26. The van der Waals surface area contributed by atoms with E-state index in [4.69, 9.17) is 16.8 Å². The Bertz CT molecular complexity index is 585. The SMILES string of the molecule is C=CC(=O)N(CCC[Si](C)(OC)O[Si](C)(C)C)CCC[Si](C)(O[Si](C)(C)C)O[Si](C)(C)C. The van der Waals surface area contributed by atoms with Gasteiger partial charge in [-0.1, -0.05) is 6.58 Å². The number of nitrogens with zero attached hydrogens (tertiary/aromatic N) is 1. The van der Waals surface area contributed by atoms with Crippen LogP contribution in [0.15, 0.2) is 12.7 Å². The van der Waals surface area contributed by atoms with Crippen molar-refractivity contribution in [3.05, 3.63) is 12.7 Å². The molecule has 190 valence electrons. The summed E-state index contributed by atoms with van der Waals surface area (Å²) in [6.07, 6.45) is 3.16. The van der Waals surface area contributed by atoms with E-state index in [2.05, 4.69) is 78.6 Å². The van der Waals surface area contributed by atoms with Crippen molar-refractivity contribution in [1.82, 2.24) is 4.90 Å². The molecule has 0 aromatic carbocycles. The number of rotatable bonds is 16. The normalized spacial score (nSPS) is 15.4. The zero-order chi connectivity index (χ0) is 25.4. The van der Waals surface area contributed by atoms with Gasteiger partial charge in [0, 0.05) is 20.2 Å². The average Bonchev–Trinajstić information content (AvgIpc) is 2.54. The van der Waals surface area contributed by atoms with Crippen molar-refractivity contribution in [3.63, 3.8) is 0 Å². The third kappa shape index (κ3) is 15.1. The Kier molecular flexibility index (Phi) is 12.8. The summed E-state index contributed by atoms with van der Waals surface area (Å²) >= 11 is 0. The molecule has 0 aliphatic carbocycles. The lowest BCUT2D eigenvalue weighted by Crippen LogP contribution is -2.52. The molecule has 1 unspecified atom stereocenters. The first-order chi connectivity index (χ1) is 14.2. The van der Waals surface area contributed by atoms with Crippen molar-refractivity contribution in [2.45, 2.75) is 96.9 Å². The molecule has 1 atom stereocenters. The van der Waals surface area contributed by atoms with Crippen LogP contribution in [0, 0.1) is 0 Å². The van der Waals surface area contributed by atoms with E-state index in [-0.39, 0.29) is 5.91 Å². The summed E-state index contributed by atoms with van der Waals surface area (Å²) in [5.74, 6) is -0.0162. The molecule has 0 bridgehead atoms. The summed E-state index contributed by atoms with van der Waals surface area (Å²) < 4.78 is 25.4. The summed E-state index contributed by atoms with van der Waals surface area (Å²) in [5.41, 5.74) is 0. The van der Waals surface area contributed by atoms with Crippen molar-refractivity contribution in [3.8, 4) is 0 Å². The van der Waals surface area contributed by atoms with Gasteiger partial charge < -0.3 is 21.7 Å². The number of hydrogen-bond donors (Lipinski definition) is 0. The molecule has 0 fully saturated rings. The molecular weight excluding hydrogens is 487 g/mol. The molecule has 6 nitrogen and oxygen atoms in total. The Morgan fingerprint density at radius 1 is 0.719 bits per heavy atom. The third-order valence-electron chi connectivity index (χ3n) is 4.60. The molecule has 0 N–H and O–H groups in total. The fourth-order valence-electron chi connectivity index (χ4n) is 3.90. The zero-order valence-corrected chi connectivity index (χ0v) is 28.0. The van der Waals surface area contributed by atoms with Crippen LogP contribution in [0.3, 0.4) is 0 Å². The average molecular weight is 538 g/mol. The number of amides is 1. The number of hydrogen-bond acceptors (Lipinski definition) is 5. The van der Waals surface area contributed by atoms with Crippen LogP contribution in [0.2, 0.25) is 84.1 Å². The van der Waals surface area contributed by atoms with Crippen LogP contribution in [0.25, 0.3) is 0 Å². The second kappa shape index (κ2) is 12.7. The minimum Gasteiger partial charge on any atom is -0.437 e. The van der Waals surface area contributed by atoms with Crippen LogP contribution in [0.1, 0.15) is 12.8 Å².